The SMILES string of the molecule is CO[C@@H]1C[C@@H](c2ccccc2)[C@]2(c3ccc(N)cc3)Oc3cc(OCCN)cc(OCCN)c3[C@]12O. The Labute approximate surface area is 210 Å². The van der Waals surface area contributed by atoms with Crippen LogP contribution >= 0.6 is 0 Å². The molecule has 1 aliphatic heterocycles. The Morgan fingerprint density at radius 1 is 0.972 bits per heavy atom. The topological polar surface area (TPSA) is 135 Å². The average molecular weight is 492 g/mol. The van der Waals surface area contributed by atoms with Crippen molar-refractivity contribution >= 4 is 5.69 Å². The maximum Gasteiger partial charge on any atom is 0.176 e. The zero-order valence-corrected chi connectivity index (χ0v) is 20.4. The molecule has 3 aromatic carbocycles. The Morgan fingerprint density at radius 2 is 1.67 bits per heavy atom. The number of benzene rings is 3. The normalized spacial score (nSPS) is 26.2. The molecule has 0 bridgehead atoms. The summed E-state index contributed by atoms with van der Waals surface area (Å²) < 4.78 is 24.8. The molecule has 7 N–H and O–H groups in total. The number of nitrogen functional groups attached to an aromatic ring is 1. The van der Waals surface area contributed by atoms with E-state index in [0.717, 1.165) is 11.1 Å². The smallest absolute Gasteiger partial charge is 0.176 e. The summed E-state index contributed by atoms with van der Waals surface area (Å²) in [5.74, 6) is 1.21. The van der Waals surface area contributed by atoms with E-state index in [1.807, 2.05) is 42.5 Å². The van der Waals surface area contributed by atoms with Crippen LogP contribution in [0, 0.1) is 0 Å². The third-order valence-electron chi connectivity index (χ3n) is 7.25. The van der Waals surface area contributed by atoms with Crippen LogP contribution in [0.25, 0.3) is 0 Å². The summed E-state index contributed by atoms with van der Waals surface area (Å²) in [5, 5.41) is 12.8. The van der Waals surface area contributed by atoms with Gasteiger partial charge in [0.25, 0.3) is 0 Å². The molecule has 2 aliphatic rings. The Morgan fingerprint density at radius 3 is 2.33 bits per heavy atom. The predicted octanol–water partition coefficient (Wildman–Crippen LogP) is 2.62. The maximum absolute atomic E-state index is 12.8. The quantitative estimate of drug-likeness (QED) is 0.336. The highest BCUT2D eigenvalue weighted by Gasteiger charge is 2.74. The van der Waals surface area contributed by atoms with Crippen LogP contribution in [0.4, 0.5) is 5.69 Å². The molecule has 1 saturated carbocycles. The van der Waals surface area contributed by atoms with Crippen LogP contribution in [0.5, 0.6) is 17.2 Å². The minimum Gasteiger partial charge on any atom is -0.492 e. The van der Waals surface area contributed by atoms with E-state index in [2.05, 4.69) is 12.1 Å². The van der Waals surface area contributed by atoms with Gasteiger partial charge in [0.1, 0.15) is 30.5 Å². The lowest BCUT2D eigenvalue weighted by Crippen LogP contribution is -2.52. The first kappa shape index (κ1) is 24.4. The fraction of sp³-hybridized carbons (Fsp3) is 0.357. The van der Waals surface area contributed by atoms with Gasteiger partial charge in [0, 0.05) is 43.9 Å². The molecule has 1 heterocycles. The van der Waals surface area contributed by atoms with Crippen LogP contribution in [-0.4, -0.2) is 44.6 Å². The monoisotopic (exact) mass is 491 g/mol. The summed E-state index contributed by atoms with van der Waals surface area (Å²) in [7, 11) is 1.61. The van der Waals surface area contributed by atoms with Gasteiger partial charge in [-0.1, -0.05) is 42.5 Å². The highest BCUT2D eigenvalue weighted by Crippen LogP contribution is 2.69. The number of fused-ring (bicyclic) bond motifs is 3. The summed E-state index contributed by atoms with van der Waals surface area (Å²) in [6, 6.07) is 21.0. The predicted molar refractivity (Wildman–Crippen MR) is 137 cm³/mol. The molecule has 0 aromatic heterocycles. The summed E-state index contributed by atoms with van der Waals surface area (Å²) >= 11 is 0. The van der Waals surface area contributed by atoms with Crippen molar-refractivity contribution in [2.45, 2.75) is 29.6 Å². The van der Waals surface area contributed by atoms with Gasteiger partial charge in [0.2, 0.25) is 0 Å². The number of ether oxygens (including phenoxy) is 4. The molecule has 0 amide bonds. The molecule has 1 aliphatic carbocycles. The van der Waals surface area contributed by atoms with Crippen LogP contribution in [0.1, 0.15) is 29.0 Å². The van der Waals surface area contributed by atoms with Crippen molar-refractivity contribution in [3.05, 3.63) is 83.4 Å². The van der Waals surface area contributed by atoms with Crippen molar-refractivity contribution < 1.29 is 24.1 Å². The molecule has 5 rings (SSSR count). The minimum atomic E-state index is -1.58. The summed E-state index contributed by atoms with van der Waals surface area (Å²) in [5.41, 5.74) is 17.6. The number of nitrogens with two attached hydrogens (primary N) is 3. The van der Waals surface area contributed by atoms with Crippen LogP contribution < -0.4 is 31.4 Å². The molecular weight excluding hydrogens is 458 g/mol. The summed E-state index contributed by atoms with van der Waals surface area (Å²) in [4.78, 5) is 0. The molecule has 8 nitrogen and oxygen atoms in total. The lowest BCUT2D eigenvalue weighted by atomic mass is 9.71. The van der Waals surface area contributed by atoms with E-state index >= 15 is 0 Å². The van der Waals surface area contributed by atoms with E-state index in [-0.39, 0.29) is 12.5 Å². The average Bonchev–Trinajstić information content (AvgIpc) is 3.31. The van der Waals surface area contributed by atoms with Crippen molar-refractivity contribution in [2.75, 3.05) is 39.1 Å². The van der Waals surface area contributed by atoms with E-state index < -0.39 is 17.3 Å². The van der Waals surface area contributed by atoms with Crippen molar-refractivity contribution in [2.24, 2.45) is 11.5 Å². The molecule has 3 aromatic rings. The first-order valence-corrected chi connectivity index (χ1v) is 12.2. The molecule has 0 saturated heterocycles. The Hall–Kier alpha value is -3.30. The maximum atomic E-state index is 12.8. The highest BCUT2D eigenvalue weighted by atomic mass is 16.6. The van der Waals surface area contributed by atoms with E-state index in [1.54, 1.807) is 19.2 Å². The number of rotatable bonds is 9. The van der Waals surface area contributed by atoms with E-state index in [9.17, 15) is 5.11 Å². The van der Waals surface area contributed by atoms with Crippen LogP contribution in [0.15, 0.2) is 66.7 Å². The summed E-state index contributed by atoms with van der Waals surface area (Å²) in [6.07, 6.45) is -0.0553. The summed E-state index contributed by atoms with van der Waals surface area (Å²) in [6.45, 7) is 1.26. The largest absolute Gasteiger partial charge is 0.492 e. The van der Waals surface area contributed by atoms with Gasteiger partial charge in [-0.15, -0.1) is 0 Å². The van der Waals surface area contributed by atoms with E-state index in [4.69, 9.17) is 36.1 Å². The molecule has 4 atom stereocenters. The number of anilines is 1. The van der Waals surface area contributed by atoms with Gasteiger partial charge in [-0.25, -0.2) is 0 Å². The fourth-order valence-electron chi connectivity index (χ4n) is 5.82. The third-order valence-corrected chi connectivity index (χ3v) is 7.25. The number of hydrogen-bond acceptors (Lipinski definition) is 8. The van der Waals surface area contributed by atoms with E-state index in [0.29, 0.717) is 54.6 Å². The lowest BCUT2D eigenvalue weighted by Gasteiger charge is -2.41. The van der Waals surface area contributed by atoms with Crippen LogP contribution in [0.3, 0.4) is 0 Å². The number of aliphatic hydroxyl groups is 1. The molecule has 190 valence electrons. The molecule has 8 heteroatoms. The van der Waals surface area contributed by atoms with E-state index in [1.165, 1.54) is 0 Å². The second kappa shape index (κ2) is 9.63. The van der Waals surface area contributed by atoms with Gasteiger partial charge < -0.3 is 41.3 Å². The fourth-order valence-corrected chi connectivity index (χ4v) is 5.82. The van der Waals surface area contributed by atoms with Gasteiger partial charge >= 0.3 is 0 Å². The van der Waals surface area contributed by atoms with Gasteiger partial charge in [0.15, 0.2) is 11.2 Å². The highest BCUT2D eigenvalue weighted by molar-refractivity contribution is 5.63. The van der Waals surface area contributed by atoms with Crippen molar-refractivity contribution in [1.29, 1.82) is 0 Å². The zero-order valence-electron chi connectivity index (χ0n) is 20.4. The number of methoxy groups -OCH3 is 1. The molecule has 0 spiro atoms. The van der Waals surface area contributed by atoms with Crippen molar-refractivity contribution in [1.82, 2.24) is 0 Å². The van der Waals surface area contributed by atoms with Crippen LogP contribution in [0.2, 0.25) is 0 Å². The standard InChI is InChI=1S/C28H33N3O5/c1-33-25-17-22(18-5-3-2-4-6-18)28(19-7-9-20(31)10-8-19)27(25,32)26-23(35-14-12-30)15-21(34-13-11-29)16-24(26)36-28/h2-10,15-16,22,25,32H,11-14,17,29-31H2,1H3/t22-,25+,27+,28-/m0/s1. The second-order valence-electron chi connectivity index (χ2n) is 9.22. The Bertz CT molecular complexity index is 1210. The lowest BCUT2D eigenvalue weighted by molar-refractivity contribution is -0.158. The first-order valence-electron chi connectivity index (χ1n) is 12.2. The molecule has 0 radical (unpaired) electrons. The first-order chi connectivity index (χ1) is 17.5. The van der Waals surface area contributed by atoms with Gasteiger partial charge in [-0.2, -0.15) is 0 Å². The Kier molecular flexibility index (Phi) is 6.53. The minimum absolute atomic E-state index is 0.236. The number of hydrogen-bond donors (Lipinski definition) is 4. The molecule has 1 fully saturated rings. The zero-order chi connectivity index (χ0) is 25.3. The molecule has 36 heavy (non-hydrogen) atoms. The van der Waals surface area contributed by atoms with Gasteiger partial charge in [-0.3, -0.25) is 0 Å². The van der Waals surface area contributed by atoms with Crippen molar-refractivity contribution in [3.8, 4) is 17.2 Å². The van der Waals surface area contributed by atoms with Gasteiger partial charge in [-0.05, 0) is 29.7 Å². The second-order valence-corrected chi connectivity index (χ2v) is 9.22. The van der Waals surface area contributed by atoms with Crippen molar-refractivity contribution in [3.63, 3.8) is 0 Å². The van der Waals surface area contributed by atoms with Crippen LogP contribution in [-0.2, 0) is 15.9 Å². The molecule has 0 unspecified atom stereocenters. The third kappa shape index (κ3) is 3.60. The molecular formula is C28H33N3O5. The Balaban J connectivity index is 1.77. The van der Waals surface area contributed by atoms with Gasteiger partial charge in [0.05, 0.1) is 11.7 Å².